The number of morpholine rings is 1. The van der Waals surface area contributed by atoms with E-state index in [0.717, 1.165) is 31.8 Å². The quantitative estimate of drug-likeness (QED) is 0.511. The molecule has 9 heteroatoms. The molecule has 0 radical (unpaired) electrons. The summed E-state index contributed by atoms with van der Waals surface area (Å²) in [7, 11) is -2.22. The van der Waals surface area contributed by atoms with Crippen molar-refractivity contribution in [1.82, 2.24) is 14.9 Å². The van der Waals surface area contributed by atoms with E-state index >= 15 is 0 Å². The van der Waals surface area contributed by atoms with E-state index in [-0.39, 0.29) is 30.1 Å². The van der Waals surface area contributed by atoms with E-state index in [2.05, 4.69) is 34.0 Å². The Labute approximate surface area is 196 Å². The molecule has 1 unspecified atom stereocenters. The van der Waals surface area contributed by atoms with Crippen molar-refractivity contribution < 1.29 is 22.7 Å². The number of carbonyl (C=O) groups excluding carboxylic acids is 1. The maximum atomic E-state index is 12.8. The topological polar surface area (TPSA) is 97.0 Å². The van der Waals surface area contributed by atoms with Gasteiger partial charge in [-0.2, -0.15) is 0 Å². The van der Waals surface area contributed by atoms with Gasteiger partial charge in [0.05, 0.1) is 24.2 Å². The van der Waals surface area contributed by atoms with Gasteiger partial charge in [0.1, 0.15) is 0 Å². The first-order valence-electron chi connectivity index (χ1n) is 11.1. The molecule has 0 aliphatic carbocycles. The zero-order valence-corrected chi connectivity index (χ0v) is 20.3. The number of hydrogen-bond donors (Lipinski definition) is 2. The molecule has 2 aromatic carbocycles. The second kappa shape index (κ2) is 11.7. The molecular formula is C24H33N3O5S. The van der Waals surface area contributed by atoms with E-state index in [1.807, 2.05) is 12.1 Å². The summed E-state index contributed by atoms with van der Waals surface area (Å²) < 4.78 is 37.9. The molecule has 1 saturated heterocycles. The van der Waals surface area contributed by atoms with Crippen molar-refractivity contribution in [2.24, 2.45) is 0 Å². The molecule has 180 valence electrons. The fourth-order valence-corrected chi connectivity index (χ4v) is 4.82. The van der Waals surface area contributed by atoms with Crippen LogP contribution in [0.3, 0.4) is 0 Å². The van der Waals surface area contributed by atoms with Crippen molar-refractivity contribution in [2.75, 3.05) is 40.0 Å². The summed E-state index contributed by atoms with van der Waals surface area (Å²) in [6, 6.07) is 12.7. The molecular weight excluding hydrogens is 442 g/mol. The summed E-state index contributed by atoms with van der Waals surface area (Å²) in [6.45, 7) is 8.04. The van der Waals surface area contributed by atoms with E-state index in [1.165, 1.54) is 24.8 Å². The Morgan fingerprint density at radius 3 is 2.76 bits per heavy atom. The lowest BCUT2D eigenvalue weighted by Crippen LogP contribution is -2.40. The van der Waals surface area contributed by atoms with Crippen molar-refractivity contribution in [3.05, 3.63) is 64.7 Å². The van der Waals surface area contributed by atoms with Crippen LogP contribution >= 0.6 is 0 Å². The molecule has 1 heterocycles. The van der Waals surface area contributed by atoms with Crippen LogP contribution in [0, 0.1) is 6.92 Å². The van der Waals surface area contributed by atoms with E-state index in [0.29, 0.717) is 17.7 Å². The highest BCUT2D eigenvalue weighted by Gasteiger charge is 2.19. The van der Waals surface area contributed by atoms with Crippen LogP contribution in [-0.4, -0.2) is 65.3 Å². The molecule has 0 aromatic heterocycles. The van der Waals surface area contributed by atoms with Crippen LogP contribution in [0.15, 0.2) is 47.4 Å². The number of aryl methyl sites for hydroxylation is 1. The SMILES string of the molecule is COCCNS(=O)(=O)c1ccc(C)c(C(=O)NCc2cccc(CN3CCOC(C)C3)c2)c1. The second-order valence-corrected chi connectivity index (χ2v) is 10.1. The van der Waals surface area contributed by atoms with Crippen LogP contribution in [0.2, 0.25) is 0 Å². The van der Waals surface area contributed by atoms with E-state index in [4.69, 9.17) is 9.47 Å². The van der Waals surface area contributed by atoms with Crippen LogP contribution < -0.4 is 10.0 Å². The number of benzene rings is 2. The third kappa shape index (κ3) is 7.35. The third-order valence-electron chi connectivity index (χ3n) is 5.54. The van der Waals surface area contributed by atoms with Crippen LogP contribution in [0.4, 0.5) is 0 Å². The first kappa shape index (κ1) is 25.3. The van der Waals surface area contributed by atoms with Crippen LogP contribution in [0.5, 0.6) is 0 Å². The third-order valence-corrected chi connectivity index (χ3v) is 7.00. The van der Waals surface area contributed by atoms with Crippen molar-refractivity contribution in [3.63, 3.8) is 0 Å². The minimum absolute atomic E-state index is 0.0519. The molecule has 33 heavy (non-hydrogen) atoms. The molecule has 0 spiro atoms. The Bertz CT molecular complexity index is 1060. The van der Waals surface area contributed by atoms with Crippen molar-refractivity contribution >= 4 is 15.9 Å². The van der Waals surface area contributed by atoms with Gasteiger partial charge in [-0.3, -0.25) is 9.69 Å². The predicted molar refractivity (Wildman–Crippen MR) is 127 cm³/mol. The van der Waals surface area contributed by atoms with Crippen LogP contribution in [0.25, 0.3) is 0 Å². The smallest absolute Gasteiger partial charge is 0.251 e. The van der Waals surface area contributed by atoms with Crippen molar-refractivity contribution in [1.29, 1.82) is 0 Å². The van der Waals surface area contributed by atoms with Gasteiger partial charge in [-0.05, 0) is 42.7 Å². The van der Waals surface area contributed by atoms with Crippen LogP contribution in [0.1, 0.15) is 34.0 Å². The van der Waals surface area contributed by atoms with Gasteiger partial charge in [-0.15, -0.1) is 0 Å². The normalized spacial score (nSPS) is 17.1. The number of nitrogens with one attached hydrogen (secondary N) is 2. The predicted octanol–water partition coefficient (Wildman–Crippen LogP) is 2.07. The van der Waals surface area contributed by atoms with E-state index < -0.39 is 10.0 Å². The number of ether oxygens (including phenoxy) is 2. The average Bonchev–Trinajstić information content (AvgIpc) is 2.78. The van der Waals surface area contributed by atoms with Gasteiger partial charge in [0, 0.05) is 45.4 Å². The number of hydrogen-bond acceptors (Lipinski definition) is 6. The molecule has 3 rings (SSSR count). The number of methoxy groups -OCH3 is 1. The van der Waals surface area contributed by atoms with Gasteiger partial charge in [-0.25, -0.2) is 13.1 Å². The molecule has 1 fully saturated rings. The zero-order chi connectivity index (χ0) is 23.8. The minimum Gasteiger partial charge on any atom is -0.383 e. The highest BCUT2D eigenvalue weighted by Crippen LogP contribution is 2.17. The summed E-state index contributed by atoms with van der Waals surface area (Å²) in [4.78, 5) is 15.3. The number of nitrogens with zero attached hydrogens (tertiary/aromatic N) is 1. The molecule has 8 nitrogen and oxygen atoms in total. The Hall–Kier alpha value is -2.30. The van der Waals surface area contributed by atoms with Crippen LogP contribution in [-0.2, 0) is 32.6 Å². The summed E-state index contributed by atoms with van der Waals surface area (Å²) in [5.41, 5.74) is 3.22. The lowest BCUT2D eigenvalue weighted by Gasteiger charge is -2.31. The van der Waals surface area contributed by atoms with Gasteiger partial charge >= 0.3 is 0 Å². The lowest BCUT2D eigenvalue weighted by atomic mass is 10.1. The molecule has 1 amide bonds. The van der Waals surface area contributed by atoms with Crippen molar-refractivity contribution in [3.8, 4) is 0 Å². The number of carbonyl (C=O) groups is 1. The summed E-state index contributed by atoms with van der Waals surface area (Å²) in [5.74, 6) is -0.311. The van der Waals surface area contributed by atoms with Gasteiger partial charge < -0.3 is 14.8 Å². The first-order valence-corrected chi connectivity index (χ1v) is 12.6. The van der Waals surface area contributed by atoms with Crippen molar-refractivity contribution in [2.45, 2.75) is 37.9 Å². The molecule has 1 atom stereocenters. The molecule has 2 aromatic rings. The van der Waals surface area contributed by atoms with Gasteiger partial charge in [0.15, 0.2) is 0 Å². The van der Waals surface area contributed by atoms with Gasteiger partial charge in [0.2, 0.25) is 10.0 Å². The first-order chi connectivity index (χ1) is 15.8. The van der Waals surface area contributed by atoms with Gasteiger partial charge in [-0.1, -0.05) is 30.3 Å². The molecule has 0 saturated carbocycles. The largest absolute Gasteiger partial charge is 0.383 e. The molecule has 1 aliphatic heterocycles. The Kier molecular flexibility index (Phi) is 8.99. The van der Waals surface area contributed by atoms with E-state index in [1.54, 1.807) is 13.0 Å². The Morgan fingerprint density at radius 1 is 1.21 bits per heavy atom. The van der Waals surface area contributed by atoms with Gasteiger partial charge in [0.25, 0.3) is 5.91 Å². The number of amides is 1. The summed E-state index contributed by atoms with van der Waals surface area (Å²) in [6.07, 6.45) is 0.235. The fourth-order valence-electron chi connectivity index (χ4n) is 3.78. The lowest BCUT2D eigenvalue weighted by molar-refractivity contribution is -0.0212. The summed E-state index contributed by atoms with van der Waals surface area (Å²) >= 11 is 0. The second-order valence-electron chi connectivity index (χ2n) is 8.29. The van der Waals surface area contributed by atoms with E-state index in [9.17, 15) is 13.2 Å². The zero-order valence-electron chi connectivity index (χ0n) is 19.5. The maximum Gasteiger partial charge on any atom is 0.251 e. The standard InChI is InChI=1S/C24H33N3O5S/c1-18-7-8-22(33(29,30)26-9-11-31-3)14-23(18)24(28)25-15-20-5-4-6-21(13-20)17-27-10-12-32-19(2)16-27/h4-8,13-14,19,26H,9-12,15-17H2,1-3H3,(H,25,28). The minimum atomic E-state index is -3.72. The average molecular weight is 476 g/mol. The number of rotatable bonds is 10. The Balaban J connectivity index is 1.63. The molecule has 0 bridgehead atoms. The highest BCUT2D eigenvalue weighted by atomic mass is 32.2. The summed E-state index contributed by atoms with van der Waals surface area (Å²) in [5, 5.41) is 2.92. The Morgan fingerprint density at radius 2 is 2.00 bits per heavy atom. The number of sulfonamides is 1. The monoisotopic (exact) mass is 475 g/mol. The maximum absolute atomic E-state index is 12.8. The molecule has 1 aliphatic rings. The highest BCUT2D eigenvalue weighted by molar-refractivity contribution is 7.89. The fraction of sp³-hybridized carbons (Fsp3) is 0.458. The molecule has 2 N–H and O–H groups in total.